The average Bonchev–Trinajstić information content (AvgIpc) is 3.32. The molecule has 3 rings (SSSR count). The first kappa shape index (κ1) is 15.5. The van der Waals surface area contributed by atoms with Crippen molar-refractivity contribution >= 4 is 17.4 Å². The number of benzene rings is 1. The minimum absolute atomic E-state index is 0.000794. The summed E-state index contributed by atoms with van der Waals surface area (Å²) in [7, 11) is 0. The lowest BCUT2D eigenvalue weighted by molar-refractivity contribution is 0.235. The summed E-state index contributed by atoms with van der Waals surface area (Å²) in [5, 5.41) is 15.8. The van der Waals surface area contributed by atoms with Crippen molar-refractivity contribution in [2.75, 3.05) is 0 Å². The van der Waals surface area contributed by atoms with E-state index in [1.807, 2.05) is 25.3 Å². The van der Waals surface area contributed by atoms with Crippen molar-refractivity contribution < 1.29 is 4.79 Å². The van der Waals surface area contributed by atoms with Gasteiger partial charge in [-0.2, -0.15) is 5.26 Å². The first-order valence-corrected chi connectivity index (χ1v) is 8.43. The Morgan fingerprint density at radius 1 is 1.52 bits per heavy atom. The number of aryl methyl sites for hydroxylation is 1. The van der Waals surface area contributed by atoms with Gasteiger partial charge < -0.3 is 10.6 Å². The van der Waals surface area contributed by atoms with Crippen LogP contribution in [0.15, 0.2) is 30.5 Å². The summed E-state index contributed by atoms with van der Waals surface area (Å²) in [6, 6.07) is 9.14. The molecular weight excluding hydrogens is 308 g/mol. The van der Waals surface area contributed by atoms with Crippen LogP contribution in [0.2, 0.25) is 0 Å². The third-order valence-electron chi connectivity index (χ3n) is 3.79. The second kappa shape index (κ2) is 6.80. The Balaban J connectivity index is 1.58. The number of urea groups is 1. The highest BCUT2D eigenvalue weighted by Crippen LogP contribution is 2.41. The van der Waals surface area contributed by atoms with Gasteiger partial charge in [0.2, 0.25) is 0 Å². The molecule has 2 N–H and O–H groups in total. The summed E-state index contributed by atoms with van der Waals surface area (Å²) in [6.45, 7) is 2.42. The smallest absolute Gasteiger partial charge is 0.315 e. The Hall–Kier alpha value is -2.39. The monoisotopic (exact) mass is 326 g/mol. The minimum atomic E-state index is -0.197. The molecule has 0 spiro atoms. The quantitative estimate of drug-likeness (QED) is 0.885. The molecule has 1 aliphatic rings. The first-order valence-electron chi connectivity index (χ1n) is 7.61. The van der Waals surface area contributed by atoms with Crippen LogP contribution in [0.5, 0.6) is 0 Å². The maximum Gasteiger partial charge on any atom is 0.315 e. The van der Waals surface area contributed by atoms with Crippen LogP contribution in [0.3, 0.4) is 0 Å². The Morgan fingerprint density at radius 3 is 3.00 bits per heavy atom. The SMILES string of the molecule is Cc1cnc(C(NC(=O)NCc2cccc(C#N)c2)C2CC2)s1. The number of carbonyl (C=O) groups excluding carboxylic acids is 1. The van der Waals surface area contributed by atoms with Crippen molar-refractivity contribution in [3.63, 3.8) is 0 Å². The van der Waals surface area contributed by atoms with Gasteiger partial charge in [0.05, 0.1) is 17.7 Å². The molecule has 1 atom stereocenters. The van der Waals surface area contributed by atoms with E-state index in [1.54, 1.807) is 23.5 Å². The van der Waals surface area contributed by atoms with E-state index in [9.17, 15) is 4.79 Å². The van der Waals surface area contributed by atoms with E-state index in [-0.39, 0.29) is 12.1 Å². The molecule has 5 nitrogen and oxygen atoms in total. The number of hydrogen-bond donors (Lipinski definition) is 2. The maximum absolute atomic E-state index is 12.2. The van der Waals surface area contributed by atoms with Crippen molar-refractivity contribution in [2.45, 2.75) is 32.4 Å². The zero-order chi connectivity index (χ0) is 16.2. The third-order valence-corrected chi connectivity index (χ3v) is 4.79. The van der Waals surface area contributed by atoms with Gasteiger partial charge in [-0.15, -0.1) is 11.3 Å². The van der Waals surface area contributed by atoms with Crippen molar-refractivity contribution in [1.82, 2.24) is 15.6 Å². The molecule has 23 heavy (non-hydrogen) atoms. The molecular formula is C17H18N4OS. The summed E-state index contributed by atoms with van der Waals surface area (Å²) in [5.74, 6) is 0.494. The molecule has 2 aromatic rings. The van der Waals surface area contributed by atoms with Gasteiger partial charge in [-0.05, 0) is 43.4 Å². The van der Waals surface area contributed by atoms with Crippen LogP contribution in [0.1, 0.15) is 39.9 Å². The van der Waals surface area contributed by atoms with E-state index in [1.165, 1.54) is 0 Å². The van der Waals surface area contributed by atoms with Crippen LogP contribution < -0.4 is 10.6 Å². The molecule has 0 radical (unpaired) electrons. The van der Waals surface area contributed by atoms with E-state index in [2.05, 4.69) is 21.7 Å². The standard InChI is InChI=1S/C17H18N4OS/c1-11-9-19-16(23-11)15(14-5-6-14)21-17(22)20-10-13-4-2-3-12(7-13)8-18/h2-4,7,9,14-15H,5-6,10H2,1H3,(H2,20,21,22). The van der Waals surface area contributed by atoms with E-state index in [4.69, 9.17) is 5.26 Å². The van der Waals surface area contributed by atoms with Crippen molar-refractivity contribution in [1.29, 1.82) is 5.26 Å². The number of nitrogens with one attached hydrogen (secondary N) is 2. The Morgan fingerprint density at radius 2 is 2.35 bits per heavy atom. The number of rotatable bonds is 5. The van der Waals surface area contributed by atoms with Crippen molar-refractivity contribution in [3.8, 4) is 6.07 Å². The van der Waals surface area contributed by atoms with Gasteiger partial charge in [0.15, 0.2) is 0 Å². The highest BCUT2D eigenvalue weighted by molar-refractivity contribution is 7.11. The van der Waals surface area contributed by atoms with Gasteiger partial charge in [-0.25, -0.2) is 9.78 Å². The minimum Gasteiger partial charge on any atom is -0.334 e. The summed E-state index contributed by atoms with van der Waals surface area (Å²) in [6.07, 6.45) is 4.12. The highest BCUT2D eigenvalue weighted by Gasteiger charge is 2.35. The molecule has 1 unspecified atom stereocenters. The largest absolute Gasteiger partial charge is 0.334 e. The van der Waals surface area contributed by atoms with Gasteiger partial charge in [-0.1, -0.05) is 12.1 Å². The van der Waals surface area contributed by atoms with Gasteiger partial charge in [0, 0.05) is 17.6 Å². The number of amides is 2. The fourth-order valence-electron chi connectivity index (χ4n) is 2.45. The predicted octanol–water partition coefficient (Wildman–Crippen LogP) is 3.27. The molecule has 0 aliphatic heterocycles. The van der Waals surface area contributed by atoms with E-state index in [0.29, 0.717) is 18.0 Å². The predicted molar refractivity (Wildman–Crippen MR) is 88.8 cm³/mol. The zero-order valence-electron chi connectivity index (χ0n) is 12.9. The molecule has 1 aromatic heterocycles. The number of thiazole rings is 1. The molecule has 118 valence electrons. The molecule has 1 heterocycles. The van der Waals surface area contributed by atoms with Gasteiger partial charge in [0.25, 0.3) is 0 Å². The summed E-state index contributed by atoms with van der Waals surface area (Å²) in [4.78, 5) is 17.7. The fraction of sp³-hybridized carbons (Fsp3) is 0.353. The lowest BCUT2D eigenvalue weighted by Crippen LogP contribution is -2.38. The molecule has 0 bridgehead atoms. The maximum atomic E-state index is 12.2. The number of nitriles is 1. The van der Waals surface area contributed by atoms with Crippen LogP contribution in [0.4, 0.5) is 4.79 Å². The summed E-state index contributed by atoms with van der Waals surface area (Å²) < 4.78 is 0. The molecule has 1 aromatic carbocycles. The lowest BCUT2D eigenvalue weighted by atomic mass is 10.1. The van der Waals surface area contributed by atoms with Crippen LogP contribution in [-0.2, 0) is 6.54 Å². The Kier molecular flexibility index (Phi) is 4.58. The molecule has 2 amide bonds. The molecule has 6 heteroatoms. The van der Waals surface area contributed by atoms with Crippen LogP contribution in [0.25, 0.3) is 0 Å². The third kappa shape index (κ3) is 4.08. The zero-order valence-corrected chi connectivity index (χ0v) is 13.7. The Labute approximate surface area is 139 Å². The topological polar surface area (TPSA) is 77.8 Å². The lowest BCUT2D eigenvalue weighted by Gasteiger charge is -2.16. The number of carbonyl (C=O) groups is 1. The number of nitrogens with zero attached hydrogens (tertiary/aromatic N) is 2. The van der Waals surface area contributed by atoms with Crippen molar-refractivity contribution in [2.24, 2.45) is 5.92 Å². The second-order valence-corrected chi connectivity index (χ2v) is 7.03. The molecule has 1 saturated carbocycles. The van der Waals surface area contributed by atoms with E-state index < -0.39 is 0 Å². The van der Waals surface area contributed by atoms with Crippen LogP contribution in [0, 0.1) is 24.2 Å². The summed E-state index contributed by atoms with van der Waals surface area (Å²) >= 11 is 1.64. The van der Waals surface area contributed by atoms with E-state index in [0.717, 1.165) is 28.3 Å². The fourth-order valence-corrected chi connectivity index (χ4v) is 3.37. The first-order chi connectivity index (χ1) is 11.2. The second-order valence-electron chi connectivity index (χ2n) is 5.76. The average molecular weight is 326 g/mol. The molecule has 1 aliphatic carbocycles. The highest BCUT2D eigenvalue weighted by atomic mass is 32.1. The normalized spacial score (nSPS) is 14.8. The van der Waals surface area contributed by atoms with Gasteiger partial charge in [-0.3, -0.25) is 0 Å². The van der Waals surface area contributed by atoms with Crippen LogP contribution in [-0.4, -0.2) is 11.0 Å². The Bertz CT molecular complexity index is 745. The molecule has 1 fully saturated rings. The number of hydrogen-bond acceptors (Lipinski definition) is 4. The van der Waals surface area contributed by atoms with Crippen LogP contribution >= 0.6 is 11.3 Å². The summed E-state index contributed by atoms with van der Waals surface area (Å²) in [5.41, 5.74) is 1.51. The number of aromatic nitrogens is 1. The van der Waals surface area contributed by atoms with Crippen molar-refractivity contribution in [3.05, 3.63) is 51.5 Å². The molecule has 0 saturated heterocycles. The van der Waals surface area contributed by atoms with E-state index >= 15 is 0 Å². The van der Waals surface area contributed by atoms with Gasteiger partial charge >= 0.3 is 6.03 Å². The van der Waals surface area contributed by atoms with Gasteiger partial charge in [0.1, 0.15) is 5.01 Å².